The van der Waals surface area contributed by atoms with Crippen LogP contribution in [0, 0.1) is 13.8 Å². The summed E-state index contributed by atoms with van der Waals surface area (Å²) in [4.78, 5) is 0. The Bertz CT molecular complexity index is 7380. The van der Waals surface area contributed by atoms with Crippen LogP contribution in [0.15, 0.2) is 631 Å². The lowest BCUT2D eigenvalue weighted by atomic mass is 9.86. The predicted octanol–water partition coefficient (Wildman–Crippen LogP) is 20.1. The molecular formula is C140H119N3Si5. The average molecular weight is 1980 g/mol. The lowest BCUT2D eigenvalue weighted by molar-refractivity contribution is 0.590. The van der Waals surface area contributed by atoms with Crippen molar-refractivity contribution in [2.45, 2.75) is 40.0 Å². The van der Waals surface area contributed by atoms with E-state index in [0.29, 0.717) is 0 Å². The Balaban J connectivity index is 0.000000122. The molecule has 0 amide bonds. The highest BCUT2D eigenvalue weighted by Crippen LogP contribution is 2.33. The number of benzene rings is 22. The number of aryl methyl sites for hydroxylation is 2. The van der Waals surface area contributed by atoms with E-state index < -0.39 is 40.4 Å². The van der Waals surface area contributed by atoms with Gasteiger partial charge in [0.2, 0.25) is 0 Å². The zero-order valence-electron chi connectivity index (χ0n) is 84.4. The van der Waals surface area contributed by atoms with Crippen LogP contribution in [0.3, 0.4) is 0 Å². The highest BCUT2D eigenvalue weighted by molar-refractivity contribution is 7.23. The Hall–Kier alpha value is -16.9. The molecule has 0 unspecified atom stereocenters. The quantitative estimate of drug-likeness (QED) is 0.0446. The van der Waals surface area contributed by atoms with Gasteiger partial charge in [-0.2, -0.15) is 0 Å². The van der Waals surface area contributed by atoms with Gasteiger partial charge in [0.25, 0.3) is 0 Å². The fourth-order valence-corrected chi connectivity index (χ4v) is 47.1. The summed E-state index contributed by atoms with van der Waals surface area (Å²) in [6.07, 6.45) is 0. The summed E-state index contributed by atoms with van der Waals surface area (Å²) in [6.45, 7) is 11.2. The largest absolute Gasteiger partial charge is 0.275 e. The van der Waals surface area contributed by atoms with Crippen LogP contribution in [-0.4, -0.2) is 55.1 Å². The standard InChI is InChI=1S/2C42H34Si2.C30H27N3.C26H24Si/c1-7-20-35(21-8-1)43(36-22-9-2-10-23-36,37-24-11-3-12-25-37)41-32-19-33-42(34-41)44(38-26-13-4-14-27-38,39-28-15-5-16-29-39)40-30-17-6-18-31-40;1-7-19-35(20-8-1)43(36-21-9-2-10-22-36,37-23-11-3-12-24-37)41-31-33-42(34-32-41)44(38-25-13-4-14-26-38,39-27-15-5-16-28-39)40-29-17-6-18-30-40;1-30(2,3)26-20-18-25(19-21-26)29-32-31-28(33(29)27-12-8-5-9-13-27)24-16-14-23(15-17-24)22-10-6-4-7-11-22;1-21-13-9-11-19-25(21)27(23-15-5-3-6-16-23,24-17-7-4-8-18-24)26-20-12-10-14-22(26)2/h2*1-34H;4-21H,1-3H3;3-20H,1-2H3. The van der Waals surface area contributed by atoms with E-state index in [1.807, 2.05) is 24.3 Å². The number of rotatable bonds is 24. The highest BCUT2D eigenvalue weighted by Gasteiger charge is 2.49. The maximum Gasteiger partial charge on any atom is 0.180 e. The van der Waals surface area contributed by atoms with Crippen molar-refractivity contribution in [2.24, 2.45) is 0 Å². The molecule has 23 rings (SSSR count). The minimum absolute atomic E-state index is 0.108. The highest BCUT2D eigenvalue weighted by atomic mass is 28.3. The number of hydrogen-bond acceptors (Lipinski definition) is 2. The second-order valence-electron chi connectivity index (χ2n) is 39.0. The topological polar surface area (TPSA) is 30.7 Å². The summed E-state index contributed by atoms with van der Waals surface area (Å²) in [6, 6.07) is 232. The van der Waals surface area contributed by atoms with Crippen LogP contribution >= 0.6 is 0 Å². The number of aromatic nitrogens is 3. The van der Waals surface area contributed by atoms with E-state index in [1.165, 1.54) is 132 Å². The molecule has 0 aliphatic heterocycles. The molecule has 22 aromatic carbocycles. The molecule has 0 spiro atoms. The van der Waals surface area contributed by atoms with Gasteiger partial charge in [-0.3, -0.25) is 4.57 Å². The fourth-order valence-electron chi connectivity index (χ4n) is 22.6. The molecule has 8 heteroatoms. The Morgan fingerprint density at radius 3 is 0.568 bits per heavy atom. The molecule has 0 saturated carbocycles. The van der Waals surface area contributed by atoms with E-state index in [1.54, 1.807) is 0 Å². The SMILES string of the molecule is CC(C)(C)c1ccc(-c2nnc(-c3ccc(-c4ccccc4)cc3)n2-c2ccccc2)cc1.Cc1ccccc1[Si](c1ccccc1)(c1ccccc1)c1ccccc1C.c1ccc([Si](c2ccccc2)(c2ccccc2)c2ccc([Si](c3ccccc3)(c3ccccc3)c3ccccc3)cc2)cc1.c1ccc([Si](c2ccccc2)(c2ccccc2)c2cccc([Si](c3ccccc3)(c3ccccc3)c3ccccc3)c2)cc1. The van der Waals surface area contributed by atoms with E-state index >= 15 is 0 Å². The normalized spacial score (nSPS) is 11.5. The van der Waals surface area contributed by atoms with Crippen LogP contribution in [0.5, 0.6) is 0 Å². The van der Waals surface area contributed by atoms with Crippen molar-refractivity contribution in [3.8, 4) is 39.6 Å². The van der Waals surface area contributed by atoms with Gasteiger partial charge >= 0.3 is 0 Å². The zero-order chi connectivity index (χ0) is 101. The molecule has 0 bridgehead atoms. The van der Waals surface area contributed by atoms with Gasteiger partial charge in [-0.1, -0.05) is 651 Å². The van der Waals surface area contributed by atoms with Gasteiger partial charge in [0.05, 0.1) is 0 Å². The molecule has 0 aliphatic rings. The van der Waals surface area contributed by atoms with E-state index in [9.17, 15) is 0 Å². The van der Waals surface area contributed by atoms with Crippen molar-refractivity contribution < 1.29 is 0 Å². The summed E-state index contributed by atoms with van der Waals surface area (Å²) in [5, 5.41) is 37.3. The lowest BCUT2D eigenvalue weighted by Gasteiger charge is -2.38. The lowest BCUT2D eigenvalue weighted by Crippen LogP contribution is -2.77. The molecule has 1 heterocycles. The molecule has 23 aromatic rings. The number of nitrogens with zero attached hydrogens (tertiary/aromatic N) is 3. The van der Waals surface area contributed by atoms with Crippen molar-refractivity contribution in [2.75, 3.05) is 0 Å². The van der Waals surface area contributed by atoms with Crippen LogP contribution in [0.25, 0.3) is 39.6 Å². The number of hydrogen-bond donors (Lipinski definition) is 0. The van der Waals surface area contributed by atoms with Gasteiger partial charge in [0.1, 0.15) is 0 Å². The van der Waals surface area contributed by atoms with Gasteiger partial charge < -0.3 is 0 Å². The maximum absolute atomic E-state index is 4.63. The first-order valence-corrected chi connectivity index (χ1v) is 61.3. The summed E-state index contributed by atoms with van der Waals surface area (Å²) in [5.74, 6) is 1.67. The zero-order valence-corrected chi connectivity index (χ0v) is 89.4. The van der Waals surface area contributed by atoms with Crippen LogP contribution in [-0.2, 0) is 5.41 Å². The van der Waals surface area contributed by atoms with Crippen molar-refractivity contribution >= 4 is 144 Å². The first-order chi connectivity index (χ1) is 72.9. The first kappa shape index (κ1) is 98.5. The van der Waals surface area contributed by atoms with E-state index in [-0.39, 0.29) is 5.41 Å². The first-order valence-electron chi connectivity index (χ1n) is 51.3. The second-order valence-corrected chi connectivity index (χ2v) is 57.9. The van der Waals surface area contributed by atoms with Gasteiger partial charge in [-0.05, 0) is 152 Å². The van der Waals surface area contributed by atoms with Crippen molar-refractivity contribution in [3.63, 3.8) is 0 Å². The molecule has 148 heavy (non-hydrogen) atoms. The van der Waals surface area contributed by atoms with Crippen LogP contribution in [0.4, 0.5) is 0 Å². The van der Waals surface area contributed by atoms with Crippen molar-refractivity contribution in [3.05, 3.63) is 648 Å². The molecular weight excluding hydrogens is 1860 g/mol. The third-order valence-corrected chi connectivity index (χ3v) is 53.7. The second kappa shape index (κ2) is 45.6. The van der Waals surface area contributed by atoms with Gasteiger partial charge in [-0.15, -0.1) is 10.2 Å². The summed E-state index contributed by atoms with van der Waals surface area (Å²) >= 11 is 0. The molecule has 0 radical (unpaired) electrons. The van der Waals surface area contributed by atoms with Crippen LogP contribution < -0.4 is 104 Å². The van der Waals surface area contributed by atoms with Crippen molar-refractivity contribution in [1.82, 2.24) is 14.8 Å². The Kier molecular flexibility index (Phi) is 30.3. The Labute approximate surface area is 879 Å². The monoisotopic (exact) mass is 1980 g/mol. The maximum atomic E-state index is 4.63. The van der Waals surface area contributed by atoms with Gasteiger partial charge in [-0.25, -0.2) is 0 Å². The molecule has 714 valence electrons. The van der Waals surface area contributed by atoms with Crippen molar-refractivity contribution in [1.29, 1.82) is 0 Å². The Morgan fingerprint density at radius 1 is 0.155 bits per heavy atom. The summed E-state index contributed by atoms with van der Waals surface area (Å²) < 4.78 is 2.14. The fraction of sp³-hybridized carbons (Fsp3) is 0.0429. The molecule has 0 atom stereocenters. The molecule has 0 fully saturated rings. The summed E-state index contributed by atoms with van der Waals surface area (Å²) in [7, 11) is -13.0. The average Bonchev–Trinajstić information content (AvgIpc) is 0.800. The predicted molar refractivity (Wildman–Crippen MR) is 643 cm³/mol. The summed E-state index contributed by atoms with van der Waals surface area (Å²) in [5.41, 5.74) is 9.64. The minimum atomic E-state index is -2.69. The Morgan fingerprint density at radius 2 is 0.331 bits per heavy atom. The number of para-hydroxylation sites is 1. The van der Waals surface area contributed by atoms with E-state index in [4.69, 9.17) is 0 Å². The smallest absolute Gasteiger partial charge is 0.180 e. The molecule has 3 nitrogen and oxygen atoms in total. The van der Waals surface area contributed by atoms with Crippen LogP contribution in [0.1, 0.15) is 37.5 Å². The van der Waals surface area contributed by atoms with E-state index in [0.717, 1.165) is 28.5 Å². The molecule has 0 N–H and O–H groups in total. The van der Waals surface area contributed by atoms with Crippen LogP contribution in [0.2, 0.25) is 0 Å². The third kappa shape index (κ3) is 19.7. The minimum Gasteiger partial charge on any atom is -0.275 e. The molecule has 1 aromatic heterocycles. The van der Waals surface area contributed by atoms with Gasteiger partial charge in [0.15, 0.2) is 52.0 Å². The van der Waals surface area contributed by atoms with Gasteiger partial charge in [0, 0.05) is 16.8 Å². The molecule has 0 aliphatic carbocycles. The molecule has 0 saturated heterocycles. The van der Waals surface area contributed by atoms with E-state index in [2.05, 4.69) is 656 Å². The third-order valence-electron chi connectivity index (χ3n) is 29.4.